The second kappa shape index (κ2) is 9.15. The van der Waals surface area contributed by atoms with Gasteiger partial charge in [0.15, 0.2) is 6.61 Å². The summed E-state index contributed by atoms with van der Waals surface area (Å²) in [6.45, 7) is 6.36. The lowest BCUT2D eigenvalue weighted by molar-refractivity contribution is -0.136. The molecular weight excluding hydrogens is 318 g/mol. The Morgan fingerprint density at radius 3 is 2.72 bits per heavy atom. The molecule has 1 aliphatic heterocycles. The van der Waals surface area contributed by atoms with Crippen molar-refractivity contribution in [2.45, 2.75) is 26.7 Å². The van der Waals surface area contributed by atoms with Gasteiger partial charge in [-0.05, 0) is 57.8 Å². The van der Waals surface area contributed by atoms with Crippen LogP contribution in [0.15, 0.2) is 12.1 Å². The summed E-state index contributed by atoms with van der Waals surface area (Å²) >= 11 is 0. The van der Waals surface area contributed by atoms with Crippen molar-refractivity contribution in [3.63, 3.8) is 0 Å². The second-order valence-corrected chi connectivity index (χ2v) is 7.25. The highest BCUT2D eigenvalue weighted by molar-refractivity contribution is 5.78. The number of ether oxygens (including phenoxy) is 1. The van der Waals surface area contributed by atoms with Crippen molar-refractivity contribution < 1.29 is 14.6 Å². The van der Waals surface area contributed by atoms with E-state index in [1.807, 2.05) is 45.0 Å². The predicted molar refractivity (Wildman–Crippen MR) is 97.7 cm³/mol. The van der Waals surface area contributed by atoms with E-state index in [0.717, 1.165) is 37.3 Å². The van der Waals surface area contributed by atoms with Gasteiger partial charge in [-0.15, -0.1) is 0 Å². The Kier molecular flexibility index (Phi) is 7.20. The van der Waals surface area contributed by atoms with Crippen molar-refractivity contribution in [2.24, 2.45) is 11.8 Å². The molecule has 0 aromatic carbocycles. The maximum Gasteiger partial charge on any atom is 0.260 e. The lowest BCUT2D eigenvalue weighted by Gasteiger charge is -2.38. The average molecular weight is 349 g/mol. The zero-order valence-electron chi connectivity index (χ0n) is 15.9. The van der Waals surface area contributed by atoms with Crippen LogP contribution in [0.3, 0.4) is 0 Å². The Morgan fingerprint density at radius 1 is 1.36 bits per heavy atom. The van der Waals surface area contributed by atoms with Crippen LogP contribution in [0, 0.1) is 18.8 Å². The largest absolute Gasteiger partial charge is 0.482 e. The third-order valence-corrected chi connectivity index (χ3v) is 4.62. The molecule has 140 valence electrons. The topological polar surface area (TPSA) is 65.9 Å². The Hall–Kier alpha value is -1.66. The molecule has 0 spiro atoms. The minimum absolute atomic E-state index is 0.0184. The first-order valence-corrected chi connectivity index (χ1v) is 9.05. The summed E-state index contributed by atoms with van der Waals surface area (Å²) < 4.78 is 5.76. The molecule has 25 heavy (non-hydrogen) atoms. The van der Waals surface area contributed by atoms with Crippen LogP contribution in [-0.2, 0) is 11.2 Å². The third kappa shape index (κ3) is 5.68. The maximum atomic E-state index is 12.6. The Labute approximate surface area is 150 Å². The van der Waals surface area contributed by atoms with Crippen LogP contribution in [0.2, 0.25) is 0 Å². The van der Waals surface area contributed by atoms with Gasteiger partial charge >= 0.3 is 0 Å². The fourth-order valence-corrected chi connectivity index (χ4v) is 3.52. The predicted octanol–water partition coefficient (Wildman–Crippen LogP) is 1.35. The van der Waals surface area contributed by atoms with Gasteiger partial charge in [0.05, 0.1) is 5.69 Å². The van der Waals surface area contributed by atoms with Crippen LogP contribution in [0.1, 0.15) is 24.7 Å². The molecule has 0 radical (unpaired) electrons. The van der Waals surface area contributed by atoms with Gasteiger partial charge in [0.25, 0.3) is 5.91 Å². The van der Waals surface area contributed by atoms with Crippen molar-refractivity contribution in [1.82, 2.24) is 14.8 Å². The second-order valence-electron chi connectivity index (χ2n) is 7.25. The summed E-state index contributed by atoms with van der Waals surface area (Å²) in [7, 11) is 4.07. The lowest BCUT2D eigenvalue weighted by atomic mass is 9.89. The number of rotatable bonds is 7. The molecule has 2 heterocycles. The van der Waals surface area contributed by atoms with Crippen LogP contribution in [0.4, 0.5) is 0 Å². The van der Waals surface area contributed by atoms with Crippen LogP contribution in [-0.4, -0.2) is 72.7 Å². The number of hydrogen-bond donors (Lipinski definition) is 1. The van der Waals surface area contributed by atoms with Gasteiger partial charge in [-0.3, -0.25) is 9.78 Å². The summed E-state index contributed by atoms with van der Waals surface area (Å²) in [4.78, 5) is 21.1. The molecule has 2 rings (SSSR count). The number of hydrogen-bond acceptors (Lipinski definition) is 5. The molecule has 1 saturated heterocycles. The molecule has 1 amide bonds. The molecule has 0 saturated carbocycles. The van der Waals surface area contributed by atoms with Crippen molar-refractivity contribution in [3.8, 4) is 5.75 Å². The zero-order chi connectivity index (χ0) is 18.4. The number of aryl methyl sites for hydroxylation is 2. The summed E-state index contributed by atoms with van der Waals surface area (Å²) in [5.41, 5.74) is 1.83. The molecule has 0 aliphatic carbocycles. The Balaban J connectivity index is 1.97. The van der Waals surface area contributed by atoms with Gasteiger partial charge in [-0.2, -0.15) is 0 Å². The molecule has 2 atom stereocenters. The number of nitrogens with zero attached hydrogens (tertiary/aromatic N) is 3. The molecular formula is C19H31N3O3. The molecule has 6 heteroatoms. The summed E-state index contributed by atoms with van der Waals surface area (Å²) in [5.74, 6) is 1.19. The van der Waals surface area contributed by atoms with Gasteiger partial charge in [-0.1, -0.05) is 6.92 Å². The van der Waals surface area contributed by atoms with Crippen LogP contribution >= 0.6 is 0 Å². The highest BCUT2D eigenvalue weighted by Gasteiger charge is 2.30. The standard InChI is InChI=1S/C19H31N3O3/c1-5-17-18(7-6-14(2)20-17)25-13-19(24)22-10-15(9-21(3)4)8-16(11-22)12-23/h6-7,15-16,23H,5,8-13H2,1-4H3/t15-,16-/m1/s1. The minimum Gasteiger partial charge on any atom is -0.482 e. The average Bonchev–Trinajstić information content (AvgIpc) is 2.59. The minimum atomic E-state index is -0.0236. The van der Waals surface area contributed by atoms with Crippen molar-refractivity contribution >= 4 is 5.91 Å². The van der Waals surface area contributed by atoms with Crippen LogP contribution in [0.25, 0.3) is 0 Å². The number of aliphatic hydroxyl groups is 1. The zero-order valence-corrected chi connectivity index (χ0v) is 15.9. The van der Waals surface area contributed by atoms with E-state index in [1.54, 1.807) is 0 Å². The molecule has 1 aromatic heterocycles. The number of pyridine rings is 1. The molecule has 6 nitrogen and oxygen atoms in total. The molecule has 1 aliphatic rings. The molecule has 0 bridgehead atoms. The van der Waals surface area contributed by atoms with Gasteiger partial charge in [-0.25, -0.2) is 0 Å². The van der Waals surface area contributed by atoms with Crippen LogP contribution in [0.5, 0.6) is 5.75 Å². The fourth-order valence-electron chi connectivity index (χ4n) is 3.52. The van der Waals surface area contributed by atoms with E-state index in [4.69, 9.17) is 4.74 Å². The maximum absolute atomic E-state index is 12.6. The summed E-state index contributed by atoms with van der Waals surface area (Å²) in [6, 6.07) is 3.78. The smallest absolute Gasteiger partial charge is 0.260 e. The number of carbonyl (C=O) groups is 1. The third-order valence-electron chi connectivity index (χ3n) is 4.62. The van der Waals surface area contributed by atoms with Crippen LogP contribution < -0.4 is 4.74 Å². The summed E-state index contributed by atoms with van der Waals surface area (Å²) in [6.07, 6.45) is 1.73. The number of likely N-dealkylation sites (tertiary alicyclic amines) is 1. The molecule has 1 N–H and O–H groups in total. The van der Waals surface area contributed by atoms with E-state index in [-0.39, 0.29) is 25.0 Å². The van der Waals surface area contributed by atoms with Crippen molar-refractivity contribution in [2.75, 3.05) is 46.9 Å². The van der Waals surface area contributed by atoms with Gasteiger partial charge < -0.3 is 19.6 Å². The molecule has 1 aromatic rings. The van der Waals surface area contributed by atoms with E-state index in [0.29, 0.717) is 18.2 Å². The summed E-state index contributed by atoms with van der Waals surface area (Å²) in [5, 5.41) is 9.55. The van der Waals surface area contributed by atoms with Gasteiger partial charge in [0.1, 0.15) is 5.75 Å². The van der Waals surface area contributed by atoms with E-state index in [9.17, 15) is 9.90 Å². The van der Waals surface area contributed by atoms with Crippen molar-refractivity contribution in [3.05, 3.63) is 23.5 Å². The van der Waals surface area contributed by atoms with Gasteiger partial charge in [0, 0.05) is 31.9 Å². The quantitative estimate of drug-likeness (QED) is 0.805. The fraction of sp³-hybridized carbons (Fsp3) is 0.684. The first-order valence-electron chi connectivity index (χ1n) is 9.05. The van der Waals surface area contributed by atoms with E-state index >= 15 is 0 Å². The number of aromatic nitrogens is 1. The normalized spacial score (nSPS) is 20.8. The first-order chi connectivity index (χ1) is 11.9. The molecule has 0 unspecified atom stereocenters. The highest BCUT2D eigenvalue weighted by atomic mass is 16.5. The first kappa shape index (κ1) is 19.7. The highest BCUT2D eigenvalue weighted by Crippen LogP contribution is 2.23. The number of amides is 1. The SMILES string of the molecule is CCc1nc(C)ccc1OCC(=O)N1C[C@H](CO)C[C@H](CN(C)C)C1. The van der Waals surface area contributed by atoms with E-state index < -0.39 is 0 Å². The van der Waals surface area contributed by atoms with E-state index in [1.165, 1.54) is 0 Å². The Morgan fingerprint density at radius 2 is 2.08 bits per heavy atom. The Bertz CT molecular complexity index is 577. The lowest BCUT2D eigenvalue weighted by Crippen LogP contribution is -2.48. The van der Waals surface area contributed by atoms with E-state index in [2.05, 4.69) is 9.88 Å². The number of piperidine rings is 1. The monoisotopic (exact) mass is 349 g/mol. The molecule has 1 fully saturated rings. The van der Waals surface area contributed by atoms with Crippen molar-refractivity contribution in [1.29, 1.82) is 0 Å². The number of carbonyl (C=O) groups excluding carboxylic acids is 1. The van der Waals surface area contributed by atoms with Gasteiger partial charge in [0.2, 0.25) is 0 Å². The number of aliphatic hydroxyl groups excluding tert-OH is 1.